The van der Waals surface area contributed by atoms with Gasteiger partial charge in [-0.3, -0.25) is 10.2 Å². The van der Waals surface area contributed by atoms with Crippen molar-refractivity contribution in [3.63, 3.8) is 0 Å². The average Bonchev–Trinajstić information content (AvgIpc) is 2.83. The number of nitrogen functional groups attached to an aromatic ring is 3. The summed E-state index contributed by atoms with van der Waals surface area (Å²) in [6.45, 7) is 0. The second-order valence-corrected chi connectivity index (χ2v) is 5.21. The molecule has 0 spiro atoms. The Morgan fingerprint density at radius 1 is 1.32 bits per heavy atom. The van der Waals surface area contributed by atoms with E-state index < -0.39 is 5.91 Å². The molecule has 0 aliphatic heterocycles. The number of nitrogens with one attached hydrogen (secondary N) is 1. The first-order chi connectivity index (χ1) is 9.08. The lowest BCUT2D eigenvalue weighted by molar-refractivity contribution is 0.0953. The monoisotopic (exact) mass is 297 g/mol. The Balaban J connectivity index is 2.02. The van der Waals surface area contributed by atoms with Gasteiger partial charge in [-0.25, -0.2) is 20.8 Å². The minimum Gasteiger partial charge on any atom is -0.383 e. The van der Waals surface area contributed by atoms with E-state index in [0.717, 1.165) is 5.69 Å². The quantitative estimate of drug-likeness (QED) is 0.203. The van der Waals surface area contributed by atoms with Gasteiger partial charge in [-0.05, 0) is 0 Å². The number of nitrogens with zero attached hydrogens (tertiary/aromatic N) is 3. The standard InChI is InChI=1S/C9H11N7OS2/c10-5-1-6(11)15-9(14-5)19-3-4-2-18-8(13-4)7(17)16-12/h1-2H,3,12H2,(H,16,17)(H4,10,11,14,15). The van der Waals surface area contributed by atoms with Crippen LogP contribution < -0.4 is 22.7 Å². The van der Waals surface area contributed by atoms with Crippen molar-refractivity contribution in [2.45, 2.75) is 10.9 Å². The second-order valence-electron chi connectivity index (χ2n) is 3.41. The van der Waals surface area contributed by atoms with Gasteiger partial charge in [0.1, 0.15) is 11.6 Å². The Hall–Kier alpha value is -1.91. The molecule has 10 heteroatoms. The molecule has 2 rings (SSSR count). The number of amides is 1. The first-order valence-corrected chi connectivity index (χ1v) is 6.93. The van der Waals surface area contributed by atoms with Gasteiger partial charge in [0.15, 0.2) is 10.2 Å². The number of carbonyl (C=O) groups excluding carboxylic acids is 1. The summed E-state index contributed by atoms with van der Waals surface area (Å²) in [5.41, 5.74) is 13.9. The minimum absolute atomic E-state index is 0.311. The molecule has 0 atom stereocenters. The maximum absolute atomic E-state index is 11.2. The number of rotatable bonds is 4. The maximum Gasteiger partial charge on any atom is 0.294 e. The number of hydrogen-bond acceptors (Lipinski definition) is 9. The number of hydrazine groups is 1. The normalized spacial score (nSPS) is 10.4. The van der Waals surface area contributed by atoms with Crippen molar-refractivity contribution in [2.24, 2.45) is 5.84 Å². The van der Waals surface area contributed by atoms with Crippen LogP contribution in [0.4, 0.5) is 11.6 Å². The zero-order valence-corrected chi connectivity index (χ0v) is 11.3. The van der Waals surface area contributed by atoms with Crippen LogP contribution in [0, 0.1) is 0 Å². The highest BCUT2D eigenvalue weighted by atomic mass is 32.2. The molecule has 0 unspecified atom stereocenters. The third-order valence-electron chi connectivity index (χ3n) is 1.97. The molecule has 2 aromatic rings. The van der Waals surface area contributed by atoms with Crippen LogP contribution in [0.25, 0.3) is 0 Å². The highest BCUT2D eigenvalue weighted by Gasteiger charge is 2.10. The van der Waals surface area contributed by atoms with Gasteiger partial charge >= 0.3 is 0 Å². The SMILES string of the molecule is NNC(=O)c1nc(CSc2nc(N)cc(N)n2)cs1. The lowest BCUT2D eigenvalue weighted by Gasteiger charge is -2.00. The van der Waals surface area contributed by atoms with E-state index in [1.165, 1.54) is 29.2 Å². The number of nitrogens with two attached hydrogens (primary N) is 3. The summed E-state index contributed by atoms with van der Waals surface area (Å²) < 4.78 is 0. The lowest BCUT2D eigenvalue weighted by atomic mass is 10.5. The number of carbonyl (C=O) groups is 1. The molecule has 0 fully saturated rings. The van der Waals surface area contributed by atoms with E-state index in [-0.39, 0.29) is 0 Å². The fraction of sp³-hybridized carbons (Fsp3) is 0.111. The number of anilines is 2. The van der Waals surface area contributed by atoms with Gasteiger partial charge in [0, 0.05) is 17.2 Å². The Labute approximate surface area is 116 Å². The molecule has 0 aliphatic carbocycles. The smallest absolute Gasteiger partial charge is 0.294 e. The van der Waals surface area contributed by atoms with Crippen molar-refractivity contribution >= 4 is 40.6 Å². The average molecular weight is 297 g/mol. The first-order valence-electron chi connectivity index (χ1n) is 5.06. The number of aromatic nitrogens is 3. The van der Waals surface area contributed by atoms with Crippen LogP contribution in [0.5, 0.6) is 0 Å². The molecule has 0 aromatic carbocycles. The summed E-state index contributed by atoms with van der Waals surface area (Å²) >= 11 is 2.55. The topological polar surface area (TPSA) is 146 Å². The molecule has 2 aromatic heterocycles. The van der Waals surface area contributed by atoms with Gasteiger partial charge in [-0.15, -0.1) is 11.3 Å². The van der Waals surface area contributed by atoms with E-state index in [4.69, 9.17) is 17.3 Å². The largest absolute Gasteiger partial charge is 0.383 e. The molecule has 19 heavy (non-hydrogen) atoms. The van der Waals surface area contributed by atoms with Crippen molar-refractivity contribution in [3.05, 3.63) is 22.1 Å². The minimum atomic E-state index is -0.411. The molecule has 8 nitrogen and oxygen atoms in total. The van der Waals surface area contributed by atoms with E-state index >= 15 is 0 Å². The van der Waals surface area contributed by atoms with Crippen LogP contribution in [0.2, 0.25) is 0 Å². The van der Waals surface area contributed by atoms with Gasteiger partial charge in [0.05, 0.1) is 5.69 Å². The number of hydrogen-bond donors (Lipinski definition) is 4. The van der Waals surface area contributed by atoms with Crippen molar-refractivity contribution < 1.29 is 4.79 Å². The van der Waals surface area contributed by atoms with Crippen LogP contribution in [0.1, 0.15) is 15.5 Å². The molecule has 100 valence electrons. The van der Waals surface area contributed by atoms with E-state index in [1.54, 1.807) is 5.38 Å². The van der Waals surface area contributed by atoms with Crippen molar-refractivity contribution in [3.8, 4) is 0 Å². The van der Waals surface area contributed by atoms with E-state index in [9.17, 15) is 4.79 Å². The Bertz CT molecular complexity index is 580. The molecular weight excluding hydrogens is 286 g/mol. The third-order valence-corrected chi connectivity index (χ3v) is 3.74. The number of thioether (sulfide) groups is 1. The molecule has 0 saturated heterocycles. The summed E-state index contributed by atoms with van der Waals surface area (Å²) in [6, 6.07) is 1.48. The Morgan fingerprint density at radius 3 is 2.63 bits per heavy atom. The van der Waals surface area contributed by atoms with Crippen LogP contribution in [0.15, 0.2) is 16.6 Å². The number of thiazole rings is 1. The molecule has 0 saturated carbocycles. The summed E-state index contributed by atoms with van der Waals surface area (Å²) in [6.07, 6.45) is 0. The maximum atomic E-state index is 11.2. The molecule has 2 heterocycles. The molecule has 1 amide bonds. The van der Waals surface area contributed by atoms with Crippen molar-refractivity contribution in [2.75, 3.05) is 11.5 Å². The molecular formula is C9H11N7OS2. The fourth-order valence-corrected chi connectivity index (χ4v) is 2.79. The summed E-state index contributed by atoms with van der Waals surface area (Å²) in [5.74, 6) is 5.76. The predicted molar refractivity (Wildman–Crippen MR) is 74.2 cm³/mol. The second kappa shape index (κ2) is 5.82. The van der Waals surface area contributed by atoms with Crippen molar-refractivity contribution in [1.29, 1.82) is 0 Å². The summed E-state index contributed by atoms with van der Waals surface area (Å²) in [4.78, 5) is 23.4. The Morgan fingerprint density at radius 2 is 2.00 bits per heavy atom. The first kappa shape index (κ1) is 13.5. The van der Waals surface area contributed by atoms with Gasteiger partial charge in [-0.1, -0.05) is 11.8 Å². The molecule has 0 radical (unpaired) electrons. The fourth-order valence-electron chi connectivity index (χ4n) is 1.20. The third kappa shape index (κ3) is 3.53. The van der Waals surface area contributed by atoms with Crippen LogP contribution in [-0.4, -0.2) is 20.9 Å². The van der Waals surface area contributed by atoms with Gasteiger partial charge in [0.25, 0.3) is 5.91 Å². The molecule has 7 N–H and O–H groups in total. The Kier molecular flexibility index (Phi) is 4.14. The van der Waals surface area contributed by atoms with E-state index in [2.05, 4.69) is 15.0 Å². The van der Waals surface area contributed by atoms with Crippen molar-refractivity contribution in [1.82, 2.24) is 20.4 Å². The molecule has 0 aliphatic rings. The zero-order valence-electron chi connectivity index (χ0n) is 9.66. The summed E-state index contributed by atoms with van der Waals surface area (Å²) in [5, 5.41) is 2.55. The van der Waals surface area contributed by atoms with Gasteiger partial charge in [0.2, 0.25) is 0 Å². The van der Waals surface area contributed by atoms with Gasteiger partial charge in [-0.2, -0.15) is 0 Å². The van der Waals surface area contributed by atoms with Crippen LogP contribution in [-0.2, 0) is 5.75 Å². The highest BCUT2D eigenvalue weighted by Crippen LogP contribution is 2.22. The van der Waals surface area contributed by atoms with Crippen LogP contribution >= 0.6 is 23.1 Å². The zero-order chi connectivity index (χ0) is 13.8. The van der Waals surface area contributed by atoms with E-state index in [0.29, 0.717) is 27.6 Å². The highest BCUT2D eigenvalue weighted by molar-refractivity contribution is 7.98. The summed E-state index contributed by atoms with van der Waals surface area (Å²) in [7, 11) is 0. The van der Waals surface area contributed by atoms with Crippen LogP contribution in [0.3, 0.4) is 0 Å². The molecule has 0 bridgehead atoms. The van der Waals surface area contributed by atoms with Gasteiger partial charge < -0.3 is 11.5 Å². The van der Waals surface area contributed by atoms with E-state index in [1.807, 2.05) is 5.43 Å². The lowest BCUT2D eigenvalue weighted by Crippen LogP contribution is -2.29. The predicted octanol–water partition coefficient (Wildman–Crippen LogP) is -0.00670.